The lowest BCUT2D eigenvalue weighted by Crippen LogP contribution is -2.19. The quantitative estimate of drug-likeness (QED) is 0.847. The van der Waals surface area contributed by atoms with Crippen LogP contribution in [0.1, 0.15) is 12.5 Å². The first-order chi connectivity index (χ1) is 9.04. The van der Waals surface area contributed by atoms with Gasteiger partial charge in [0.1, 0.15) is 5.69 Å². The Labute approximate surface area is 111 Å². The van der Waals surface area contributed by atoms with Crippen LogP contribution < -0.4 is 10.6 Å². The van der Waals surface area contributed by atoms with E-state index in [1.807, 2.05) is 38.1 Å². The highest BCUT2D eigenvalue weighted by Gasteiger charge is 2.18. The second-order valence-electron chi connectivity index (χ2n) is 4.38. The molecule has 0 fully saturated rings. The molecule has 100 valence electrons. The molecule has 0 saturated heterocycles. The van der Waals surface area contributed by atoms with Gasteiger partial charge in [-0.2, -0.15) is 0 Å². The largest absolute Gasteiger partial charge is 0.397 e. The van der Waals surface area contributed by atoms with Crippen LogP contribution in [0.15, 0.2) is 36.4 Å². The molecule has 0 unspecified atom stereocenters. The molecule has 0 atom stereocenters. The smallest absolute Gasteiger partial charge is 0.184 e. The van der Waals surface area contributed by atoms with Crippen LogP contribution in [0.5, 0.6) is 0 Å². The van der Waals surface area contributed by atoms with E-state index in [-0.39, 0.29) is 11.4 Å². The van der Waals surface area contributed by atoms with Gasteiger partial charge in [-0.25, -0.2) is 8.78 Å². The van der Waals surface area contributed by atoms with Crippen LogP contribution in [0.3, 0.4) is 0 Å². The molecule has 19 heavy (non-hydrogen) atoms. The van der Waals surface area contributed by atoms with Gasteiger partial charge in [-0.3, -0.25) is 0 Å². The average molecular weight is 262 g/mol. The average Bonchev–Trinajstić information content (AvgIpc) is 2.39. The van der Waals surface area contributed by atoms with E-state index in [9.17, 15) is 8.78 Å². The second kappa shape index (κ2) is 5.26. The summed E-state index contributed by atoms with van der Waals surface area (Å²) >= 11 is 0. The first kappa shape index (κ1) is 13.3. The Bertz CT molecular complexity index is 597. The van der Waals surface area contributed by atoms with Crippen molar-refractivity contribution in [3.8, 4) is 0 Å². The number of nitrogens with zero attached hydrogens (tertiary/aromatic N) is 1. The van der Waals surface area contributed by atoms with Gasteiger partial charge < -0.3 is 10.6 Å². The molecule has 0 aliphatic heterocycles. The summed E-state index contributed by atoms with van der Waals surface area (Å²) in [5, 5.41) is 0. The van der Waals surface area contributed by atoms with Crippen molar-refractivity contribution in [3.05, 3.63) is 53.6 Å². The number of benzene rings is 2. The highest BCUT2D eigenvalue weighted by atomic mass is 19.2. The lowest BCUT2D eigenvalue weighted by molar-refractivity contribution is 0.509. The van der Waals surface area contributed by atoms with Gasteiger partial charge in [-0.1, -0.05) is 12.1 Å². The normalized spacial score (nSPS) is 10.5. The Balaban J connectivity index is 2.57. The minimum Gasteiger partial charge on any atom is -0.397 e. The van der Waals surface area contributed by atoms with E-state index in [1.165, 1.54) is 6.07 Å². The van der Waals surface area contributed by atoms with Crippen LogP contribution in [0.4, 0.5) is 25.8 Å². The molecule has 0 aliphatic rings. The van der Waals surface area contributed by atoms with Crippen molar-refractivity contribution in [2.75, 3.05) is 17.2 Å². The van der Waals surface area contributed by atoms with Crippen molar-refractivity contribution < 1.29 is 8.78 Å². The Morgan fingerprint density at radius 2 is 1.89 bits per heavy atom. The van der Waals surface area contributed by atoms with Gasteiger partial charge in [0.15, 0.2) is 11.6 Å². The van der Waals surface area contributed by atoms with E-state index in [2.05, 4.69) is 0 Å². The van der Waals surface area contributed by atoms with Gasteiger partial charge >= 0.3 is 0 Å². The number of rotatable bonds is 3. The molecule has 2 N–H and O–H groups in total. The first-order valence-corrected chi connectivity index (χ1v) is 6.12. The summed E-state index contributed by atoms with van der Waals surface area (Å²) in [7, 11) is 0. The molecule has 0 aromatic heterocycles. The molecule has 0 aliphatic carbocycles. The lowest BCUT2D eigenvalue weighted by Gasteiger charge is -2.25. The fraction of sp³-hybridized carbons (Fsp3) is 0.200. The Morgan fingerprint density at radius 1 is 1.16 bits per heavy atom. The van der Waals surface area contributed by atoms with Crippen LogP contribution in [0, 0.1) is 18.6 Å². The number of hydrogen-bond acceptors (Lipinski definition) is 2. The maximum absolute atomic E-state index is 14.0. The number of anilines is 3. The Hall–Kier alpha value is -2.10. The molecule has 0 bridgehead atoms. The molecule has 2 aromatic carbocycles. The summed E-state index contributed by atoms with van der Waals surface area (Å²) in [5.41, 5.74) is 7.95. The SMILES string of the molecule is CCN(c1cccc(C)c1)c1c(N)ccc(F)c1F. The number of aryl methyl sites for hydroxylation is 1. The maximum atomic E-state index is 14.0. The zero-order valence-electron chi connectivity index (χ0n) is 11.0. The highest BCUT2D eigenvalue weighted by molar-refractivity contribution is 5.75. The van der Waals surface area contributed by atoms with Crippen molar-refractivity contribution in [3.63, 3.8) is 0 Å². The monoisotopic (exact) mass is 262 g/mol. The lowest BCUT2D eigenvalue weighted by atomic mass is 10.1. The topological polar surface area (TPSA) is 29.3 Å². The molecule has 0 heterocycles. The van der Waals surface area contributed by atoms with Crippen LogP contribution in [0.2, 0.25) is 0 Å². The van der Waals surface area contributed by atoms with Gasteiger partial charge in [0, 0.05) is 12.2 Å². The number of nitrogens with two attached hydrogens (primary N) is 1. The third-order valence-corrected chi connectivity index (χ3v) is 3.00. The Morgan fingerprint density at radius 3 is 2.53 bits per heavy atom. The number of hydrogen-bond donors (Lipinski definition) is 1. The van der Waals surface area contributed by atoms with Crippen molar-refractivity contribution in [1.82, 2.24) is 0 Å². The third-order valence-electron chi connectivity index (χ3n) is 3.00. The Kier molecular flexibility index (Phi) is 3.69. The molecule has 2 aromatic rings. The maximum Gasteiger partial charge on any atom is 0.184 e. The molecule has 0 saturated carbocycles. The standard InChI is InChI=1S/C15H16F2N2/c1-3-19(11-6-4-5-10(2)9-11)15-13(18)8-7-12(16)14(15)17/h4-9H,3,18H2,1-2H3. The zero-order valence-corrected chi connectivity index (χ0v) is 11.0. The molecule has 0 amide bonds. The molecular formula is C15H16F2N2. The number of halogens is 2. The first-order valence-electron chi connectivity index (χ1n) is 6.12. The second-order valence-corrected chi connectivity index (χ2v) is 4.38. The predicted octanol–water partition coefficient (Wildman–Crippen LogP) is 4.01. The van der Waals surface area contributed by atoms with E-state index in [1.54, 1.807) is 4.90 Å². The minimum atomic E-state index is -0.914. The summed E-state index contributed by atoms with van der Waals surface area (Å²) in [6.45, 7) is 4.31. The fourth-order valence-corrected chi connectivity index (χ4v) is 2.09. The summed E-state index contributed by atoms with van der Waals surface area (Å²) in [6, 6.07) is 10.0. The zero-order chi connectivity index (χ0) is 14.0. The van der Waals surface area contributed by atoms with Crippen molar-refractivity contribution in [1.29, 1.82) is 0 Å². The van der Waals surface area contributed by atoms with Crippen LogP contribution in [-0.2, 0) is 0 Å². The molecular weight excluding hydrogens is 246 g/mol. The fourth-order valence-electron chi connectivity index (χ4n) is 2.09. The summed E-state index contributed by atoms with van der Waals surface area (Å²) in [4.78, 5) is 1.67. The molecule has 2 nitrogen and oxygen atoms in total. The third kappa shape index (κ3) is 2.52. The van der Waals surface area contributed by atoms with Crippen molar-refractivity contribution >= 4 is 17.1 Å². The molecule has 0 spiro atoms. The van der Waals surface area contributed by atoms with Crippen LogP contribution in [-0.4, -0.2) is 6.54 Å². The molecule has 2 rings (SSSR count). The van der Waals surface area contributed by atoms with Gasteiger partial charge in [0.2, 0.25) is 0 Å². The van der Waals surface area contributed by atoms with E-state index in [4.69, 9.17) is 5.73 Å². The van der Waals surface area contributed by atoms with Gasteiger partial charge in [-0.15, -0.1) is 0 Å². The molecule has 0 radical (unpaired) electrons. The van der Waals surface area contributed by atoms with E-state index in [0.29, 0.717) is 6.54 Å². The molecule has 4 heteroatoms. The van der Waals surface area contributed by atoms with Gasteiger partial charge in [-0.05, 0) is 43.7 Å². The summed E-state index contributed by atoms with van der Waals surface area (Å²) in [6.07, 6.45) is 0. The number of nitrogen functional groups attached to an aromatic ring is 1. The van der Waals surface area contributed by atoms with E-state index >= 15 is 0 Å². The van der Waals surface area contributed by atoms with Gasteiger partial charge in [0.25, 0.3) is 0 Å². The van der Waals surface area contributed by atoms with Gasteiger partial charge in [0.05, 0.1) is 5.69 Å². The highest BCUT2D eigenvalue weighted by Crippen LogP contribution is 2.34. The van der Waals surface area contributed by atoms with E-state index in [0.717, 1.165) is 17.3 Å². The van der Waals surface area contributed by atoms with Crippen molar-refractivity contribution in [2.45, 2.75) is 13.8 Å². The van der Waals surface area contributed by atoms with Crippen LogP contribution in [0.25, 0.3) is 0 Å². The summed E-state index contributed by atoms with van der Waals surface area (Å²) in [5.74, 6) is -1.81. The van der Waals surface area contributed by atoms with Crippen LogP contribution >= 0.6 is 0 Å². The minimum absolute atomic E-state index is 0.0908. The van der Waals surface area contributed by atoms with Crippen molar-refractivity contribution in [2.24, 2.45) is 0 Å². The summed E-state index contributed by atoms with van der Waals surface area (Å²) < 4.78 is 27.4. The predicted molar refractivity (Wildman–Crippen MR) is 74.6 cm³/mol. The van der Waals surface area contributed by atoms with E-state index < -0.39 is 11.6 Å².